The fraction of sp³-hybridized carbons (Fsp3) is 0.250. The molecule has 0 saturated carbocycles. The summed E-state index contributed by atoms with van der Waals surface area (Å²) in [5.41, 5.74) is 1.47. The minimum atomic E-state index is 0.249. The van der Waals surface area contributed by atoms with Crippen LogP contribution in [0.4, 0.5) is 10.8 Å². The van der Waals surface area contributed by atoms with Crippen molar-refractivity contribution in [2.75, 3.05) is 24.3 Å². The maximum absolute atomic E-state index is 8.98. The van der Waals surface area contributed by atoms with Gasteiger partial charge in [-0.15, -0.1) is 0 Å². The molecule has 2 rings (SSSR count). The van der Waals surface area contributed by atoms with Gasteiger partial charge in [-0.3, -0.25) is 0 Å². The van der Waals surface area contributed by atoms with E-state index in [1.54, 1.807) is 6.20 Å². The van der Waals surface area contributed by atoms with Crippen molar-refractivity contribution in [2.45, 2.75) is 6.54 Å². The van der Waals surface area contributed by atoms with Gasteiger partial charge in [-0.1, -0.05) is 11.6 Å². The molecule has 2 aromatic rings. The van der Waals surface area contributed by atoms with Gasteiger partial charge in [0, 0.05) is 26.8 Å². The van der Waals surface area contributed by atoms with Gasteiger partial charge in [0.05, 0.1) is 0 Å². The molecule has 7 heteroatoms. The van der Waals surface area contributed by atoms with Crippen LogP contribution in [0.5, 0.6) is 0 Å². The Morgan fingerprint density at radius 2 is 2.32 bits per heavy atom. The first-order valence-corrected chi connectivity index (χ1v) is 6.68. The van der Waals surface area contributed by atoms with E-state index in [2.05, 4.69) is 14.7 Å². The first kappa shape index (κ1) is 13.6. The van der Waals surface area contributed by atoms with Gasteiger partial charge in [-0.05, 0) is 29.2 Å². The number of hydrogen-bond acceptors (Lipinski definition) is 6. The second-order valence-corrected chi connectivity index (χ2v) is 5.19. The Bertz CT molecular complexity index is 617. The first-order valence-electron chi connectivity index (χ1n) is 5.53. The van der Waals surface area contributed by atoms with Crippen LogP contribution < -0.4 is 10.2 Å². The van der Waals surface area contributed by atoms with E-state index in [0.29, 0.717) is 17.1 Å². The van der Waals surface area contributed by atoms with Crippen molar-refractivity contribution in [3.8, 4) is 6.07 Å². The lowest BCUT2D eigenvalue weighted by molar-refractivity contribution is 1.04. The van der Waals surface area contributed by atoms with Crippen LogP contribution >= 0.6 is 23.1 Å². The molecule has 0 radical (unpaired) electrons. The second-order valence-electron chi connectivity index (χ2n) is 4.06. The third kappa shape index (κ3) is 3.13. The van der Waals surface area contributed by atoms with E-state index in [4.69, 9.17) is 16.9 Å². The van der Waals surface area contributed by atoms with E-state index in [9.17, 15) is 0 Å². The lowest BCUT2D eigenvalue weighted by atomic mass is 10.2. The fourth-order valence-electron chi connectivity index (χ4n) is 1.49. The Kier molecular flexibility index (Phi) is 4.20. The summed E-state index contributed by atoms with van der Waals surface area (Å²) in [5, 5.41) is 13.1. The number of rotatable bonds is 4. The number of nitrogens with zero attached hydrogens (tertiary/aromatic N) is 4. The summed E-state index contributed by atoms with van der Waals surface area (Å²) in [6.45, 7) is 0.594. The predicted molar refractivity (Wildman–Crippen MR) is 77.7 cm³/mol. The molecule has 1 N–H and O–H groups in total. The number of hydrogen-bond donors (Lipinski definition) is 1. The van der Waals surface area contributed by atoms with Gasteiger partial charge in [-0.25, -0.2) is 4.98 Å². The number of aromatic nitrogens is 2. The first-order chi connectivity index (χ1) is 9.11. The molecule has 98 valence electrons. The van der Waals surface area contributed by atoms with Gasteiger partial charge >= 0.3 is 0 Å². The van der Waals surface area contributed by atoms with Crippen LogP contribution in [0.2, 0.25) is 5.15 Å². The maximum Gasteiger partial charge on any atom is 0.162 e. The second kappa shape index (κ2) is 5.87. The van der Waals surface area contributed by atoms with E-state index in [0.717, 1.165) is 11.4 Å². The van der Waals surface area contributed by atoms with E-state index >= 15 is 0 Å². The molecule has 0 amide bonds. The van der Waals surface area contributed by atoms with E-state index in [-0.39, 0.29) is 5.15 Å². The van der Waals surface area contributed by atoms with Crippen molar-refractivity contribution in [3.63, 3.8) is 0 Å². The number of anilines is 2. The van der Waals surface area contributed by atoms with Gasteiger partial charge in [0.25, 0.3) is 0 Å². The van der Waals surface area contributed by atoms with Crippen molar-refractivity contribution >= 4 is 34.0 Å². The molecule has 0 atom stereocenters. The highest BCUT2D eigenvalue weighted by atomic mass is 35.5. The number of halogens is 1. The smallest absolute Gasteiger partial charge is 0.162 e. The average Bonchev–Trinajstić information content (AvgIpc) is 2.77. The molecule has 19 heavy (non-hydrogen) atoms. The minimum absolute atomic E-state index is 0.249. The maximum atomic E-state index is 8.98. The predicted octanol–water partition coefficient (Wildman–Crippen LogP) is 2.74. The standard InChI is InChI=1S/C12H12ClN5S/c1-18(2)10-5-8(3-4-15-10)7-16-12-9(6-14)11(13)17-19-12/h3-5,16H,7H2,1-2H3. The van der Waals surface area contributed by atoms with Crippen molar-refractivity contribution in [3.05, 3.63) is 34.6 Å². The SMILES string of the molecule is CN(C)c1cc(CNc2snc(Cl)c2C#N)ccn1. The number of nitrogens with one attached hydrogen (secondary N) is 1. The molecule has 0 aliphatic rings. The van der Waals surface area contributed by atoms with Crippen LogP contribution in [-0.2, 0) is 6.54 Å². The van der Waals surface area contributed by atoms with Crippen LogP contribution in [0.15, 0.2) is 18.3 Å². The number of pyridine rings is 1. The normalized spacial score (nSPS) is 10.0. The lowest BCUT2D eigenvalue weighted by Gasteiger charge is -2.12. The zero-order valence-electron chi connectivity index (χ0n) is 10.5. The molecule has 0 aromatic carbocycles. The van der Waals surface area contributed by atoms with Crippen molar-refractivity contribution in [2.24, 2.45) is 0 Å². The van der Waals surface area contributed by atoms with E-state index in [1.807, 2.05) is 37.2 Å². The summed E-state index contributed by atoms with van der Waals surface area (Å²) in [7, 11) is 3.88. The Labute approximate surface area is 120 Å². The van der Waals surface area contributed by atoms with Crippen molar-refractivity contribution in [1.82, 2.24) is 9.36 Å². The van der Waals surface area contributed by atoms with Gasteiger partial charge in [0.2, 0.25) is 0 Å². The summed E-state index contributed by atoms with van der Waals surface area (Å²) >= 11 is 7.00. The highest BCUT2D eigenvalue weighted by Gasteiger charge is 2.11. The quantitative estimate of drug-likeness (QED) is 0.939. The molecule has 2 heterocycles. The Hall–Kier alpha value is -1.84. The van der Waals surface area contributed by atoms with Gasteiger partial charge < -0.3 is 10.2 Å². The minimum Gasteiger partial charge on any atom is -0.370 e. The van der Waals surface area contributed by atoms with Crippen LogP contribution in [0.3, 0.4) is 0 Å². The highest BCUT2D eigenvalue weighted by molar-refractivity contribution is 7.10. The molecule has 0 spiro atoms. The third-order valence-corrected chi connectivity index (χ3v) is 3.66. The van der Waals surface area contributed by atoms with Gasteiger partial charge in [-0.2, -0.15) is 9.64 Å². The molecule has 0 bridgehead atoms. The lowest BCUT2D eigenvalue weighted by Crippen LogP contribution is -2.11. The molecule has 0 fully saturated rings. The average molecular weight is 294 g/mol. The molecule has 5 nitrogen and oxygen atoms in total. The zero-order valence-corrected chi connectivity index (χ0v) is 12.1. The van der Waals surface area contributed by atoms with Crippen molar-refractivity contribution < 1.29 is 0 Å². The Morgan fingerprint density at radius 3 is 3.00 bits per heavy atom. The van der Waals surface area contributed by atoms with E-state index in [1.165, 1.54) is 11.5 Å². The van der Waals surface area contributed by atoms with Crippen LogP contribution in [0, 0.1) is 11.3 Å². The summed E-state index contributed by atoms with van der Waals surface area (Å²) in [6, 6.07) is 5.96. The van der Waals surface area contributed by atoms with Crippen molar-refractivity contribution in [1.29, 1.82) is 5.26 Å². The molecule has 0 unspecified atom stereocenters. The zero-order chi connectivity index (χ0) is 13.8. The molecule has 0 saturated heterocycles. The summed E-state index contributed by atoms with van der Waals surface area (Å²) in [6.07, 6.45) is 1.76. The Balaban J connectivity index is 2.10. The summed E-state index contributed by atoms with van der Waals surface area (Å²) < 4.78 is 3.95. The van der Waals surface area contributed by atoms with Crippen LogP contribution in [-0.4, -0.2) is 23.5 Å². The fourth-order valence-corrected chi connectivity index (χ4v) is 2.42. The molecular weight excluding hydrogens is 282 g/mol. The van der Waals surface area contributed by atoms with Crippen LogP contribution in [0.25, 0.3) is 0 Å². The van der Waals surface area contributed by atoms with Gasteiger partial charge in [0.15, 0.2) is 5.15 Å². The highest BCUT2D eigenvalue weighted by Crippen LogP contribution is 2.27. The molecular formula is C12H12ClN5S. The number of nitriles is 1. The van der Waals surface area contributed by atoms with E-state index < -0.39 is 0 Å². The van der Waals surface area contributed by atoms with Crippen LogP contribution in [0.1, 0.15) is 11.1 Å². The largest absolute Gasteiger partial charge is 0.370 e. The topological polar surface area (TPSA) is 64.8 Å². The molecule has 0 aliphatic carbocycles. The molecule has 2 aromatic heterocycles. The van der Waals surface area contributed by atoms with Gasteiger partial charge in [0.1, 0.15) is 22.5 Å². The summed E-state index contributed by atoms with van der Waals surface area (Å²) in [5.74, 6) is 0.891. The third-order valence-electron chi connectivity index (χ3n) is 2.48. The Morgan fingerprint density at radius 1 is 1.53 bits per heavy atom. The molecule has 0 aliphatic heterocycles. The summed E-state index contributed by atoms with van der Waals surface area (Å²) in [4.78, 5) is 6.18. The monoisotopic (exact) mass is 293 g/mol.